The Morgan fingerprint density at radius 1 is 0.696 bits per heavy atom. The predicted molar refractivity (Wildman–Crippen MR) is 84.9 cm³/mol. The number of hydrogen-bond acceptors (Lipinski definition) is 5. The van der Waals surface area contributed by atoms with Crippen LogP contribution in [0.4, 0.5) is 0 Å². The third-order valence-electron chi connectivity index (χ3n) is 3.01. The molecule has 1 heterocycles. The third-order valence-corrected chi connectivity index (χ3v) is 4.71. The van der Waals surface area contributed by atoms with E-state index < -0.39 is 20.2 Å². The first kappa shape index (κ1) is 21.1. The summed E-state index contributed by atoms with van der Waals surface area (Å²) in [6.07, 6.45) is 0. The number of furan rings is 1. The van der Waals surface area contributed by atoms with Crippen molar-refractivity contribution in [2.45, 2.75) is 9.79 Å². The van der Waals surface area contributed by atoms with Crippen LogP contribution in [0.2, 0.25) is 0 Å². The molecule has 2 aromatic carbocycles. The van der Waals surface area contributed by atoms with E-state index in [1.165, 1.54) is 36.4 Å². The van der Waals surface area contributed by atoms with Crippen LogP contribution in [0.25, 0.3) is 21.9 Å². The Hall–Kier alpha value is 0.0600. The first-order valence-electron chi connectivity index (χ1n) is 5.57. The van der Waals surface area contributed by atoms with Crippen LogP contribution in [0.1, 0.15) is 0 Å². The summed E-state index contributed by atoms with van der Waals surface area (Å²) in [5.41, 5.74) is 0.648. The minimum atomic E-state index is -4.39. The standard InChI is InChI=1S/C12H8O7S2.2Na/c13-20(14,15)7-1-3-11-9(5-7)10-6-8(21(16,17)18)2-4-12(10)19-11;;/h1-6H,(H,13,14,15)(H,16,17,18);;. The van der Waals surface area contributed by atoms with Crippen molar-refractivity contribution in [3.8, 4) is 0 Å². The van der Waals surface area contributed by atoms with Crippen LogP contribution >= 0.6 is 0 Å². The Balaban J connectivity index is 0.00000132. The van der Waals surface area contributed by atoms with Crippen LogP contribution in [-0.2, 0) is 20.2 Å². The van der Waals surface area contributed by atoms with Gasteiger partial charge in [-0.15, -0.1) is 0 Å². The van der Waals surface area contributed by atoms with Crippen molar-refractivity contribution in [1.29, 1.82) is 0 Å². The first-order chi connectivity index (χ1) is 9.66. The molecule has 0 saturated heterocycles. The van der Waals surface area contributed by atoms with Crippen LogP contribution in [0.5, 0.6) is 0 Å². The minimum absolute atomic E-state index is 0. The Morgan fingerprint density at radius 2 is 1.04 bits per heavy atom. The quantitative estimate of drug-likeness (QED) is 0.512. The van der Waals surface area contributed by atoms with E-state index in [0.29, 0.717) is 21.9 Å². The SMILES string of the molecule is O=S(=O)(O)c1ccc2oc3ccc(S(=O)(=O)O)cc3c2c1.[Na].[Na]. The van der Waals surface area contributed by atoms with Gasteiger partial charge in [0.25, 0.3) is 20.2 Å². The van der Waals surface area contributed by atoms with E-state index in [1.54, 1.807) is 0 Å². The molecule has 3 aromatic rings. The van der Waals surface area contributed by atoms with Crippen molar-refractivity contribution in [2.75, 3.05) is 0 Å². The maximum Gasteiger partial charge on any atom is 0.294 e. The van der Waals surface area contributed by atoms with Gasteiger partial charge in [0.2, 0.25) is 0 Å². The van der Waals surface area contributed by atoms with Crippen LogP contribution in [-0.4, -0.2) is 85.1 Å². The molecule has 3 rings (SSSR count). The maximum absolute atomic E-state index is 11.1. The number of fused-ring (bicyclic) bond motifs is 3. The molecule has 2 radical (unpaired) electrons. The van der Waals surface area contributed by atoms with Gasteiger partial charge in [0.1, 0.15) is 11.2 Å². The molecule has 0 amide bonds. The van der Waals surface area contributed by atoms with E-state index >= 15 is 0 Å². The van der Waals surface area contributed by atoms with E-state index in [0.717, 1.165) is 0 Å². The van der Waals surface area contributed by atoms with E-state index in [4.69, 9.17) is 13.5 Å². The number of hydrogen-bond donors (Lipinski definition) is 2. The average Bonchev–Trinajstić information content (AvgIpc) is 2.73. The molecule has 11 heteroatoms. The second-order valence-corrected chi connectivity index (χ2v) is 7.21. The van der Waals surface area contributed by atoms with E-state index in [1.807, 2.05) is 0 Å². The molecule has 0 spiro atoms. The summed E-state index contributed by atoms with van der Waals surface area (Å²) >= 11 is 0. The molecule has 0 bridgehead atoms. The fourth-order valence-electron chi connectivity index (χ4n) is 2.06. The Kier molecular flexibility index (Phi) is 6.54. The van der Waals surface area contributed by atoms with Crippen molar-refractivity contribution < 1.29 is 30.4 Å². The Labute approximate surface area is 176 Å². The normalized spacial score (nSPS) is 11.9. The molecule has 0 aliphatic rings. The zero-order valence-electron chi connectivity index (χ0n) is 12.2. The van der Waals surface area contributed by atoms with Crippen molar-refractivity contribution in [2.24, 2.45) is 0 Å². The summed E-state index contributed by atoms with van der Waals surface area (Å²) in [6.45, 7) is 0. The first-order valence-corrected chi connectivity index (χ1v) is 8.45. The molecule has 7 nitrogen and oxygen atoms in total. The van der Waals surface area contributed by atoms with Crippen LogP contribution in [0.3, 0.4) is 0 Å². The third kappa shape index (κ3) is 4.18. The van der Waals surface area contributed by atoms with Crippen LogP contribution in [0, 0.1) is 0 Å². The second-order valence-electron chi connectivity index (χ2n) is 4.37. The van der Waals surface area contributed by atoms with Gasteiger partial charge in [-0.25, -0.2) is 0 Å². The van der Waals surface area contributed by atoms with E-state index in [-0.39, 0.29) is 68.9 Å². The van der Waals surface area contributed by atoms with Gasteiger partial charge < -0.3 is 4.42 Å². The minimum Gasteiger partial charge on any atom is -0.456 e. The summed E-state index contributed by atoms with van der Waals surface area (Å²) < 4.78 is 68.1. The van der Waals surface area contributed by atoms with Gasteiger partial charge >= 0.3 is 0 Å². The Bertz CT molecular complexity index is 999. The van der Waals surface area contributed by atoms with E-state index in [9.17, 15) is 16.8 Å². The maximum atomic E-state index is 11.1. The molecular formula is C12H8Na2O7S2. The van der Waals surface area contributed by atoms with E-state index in [2.05, 4.69) is 0 Å². The molecule has 0 aliphatic heterocycles. The van der Waals surface area contributed by atoms with Gasteiger partial charge in [0.15, 0.2) is 0 Å². The molecule has 23 heavy (non-hydrogen) atoms. The average molecular weight is 374 g/mol. The Morgan fingerprint density at radius 3 is 1.35 bits per heavy atom. The summed E-state index contributed by atoms with van der Waals surface area (Å²) in [7, 11) is -8.78. The molecule has 112 valence electrons. The zero-order chi connectivity index (χ0) is 15.4. The number of benzene rings is 2. The van der Waals surface area contributed by atoms with Gasteiger partial charge in [0, 0.05) is 69.9 Å². The predicted octanol–water partition coefficient (Wildman–Crippen LogP) is 1.32. The van der Waals surface area contributed by atoms with Gasteiger partial charge in [0.05, 0.1) is 9.79 Å². The largest absolute Gasteiger partial charge is 0.456 e. The number of rotatable bonds is 2. The fraction of sp³-hybridized carbons (Fsp3) is 0. The van der Waals surface area contributed by atoms with Crippen molar-refractivity contribution in [3.63, 3.8) is 0 Å². The summed E-state index contributed by atoms with van der Waals surface area (Å²) in [5, 5.41) is 0.622. The molecule has 2 N–H and O–H groups in total. The second kappa shape index (κ2) is 7.12. The van der Waals surface area contributed by atoms with Crippen LogP contribution < -0.4 is 0 Å². The summed E-state index contributed by atoms with van der Waals surface area (Å²) in [4.78, 5) is -0.676. The smallest absolute Gasteiger partial charge is 0.294 e. The molecular weight excluding hydrogens is 366 g/mol. The fourth-order valence-corrected chi connectivity index (χ4v) is 3.07. The van der Waals surface area contributed by atoms with Crippen molar-refractivity contribution in [1.82, 2.24) is 0 Å². The summed E-state index contributed by atoms with van der Waals surface area (Å²) in [6, 6.07) is 7.39. The van der Waals surface area contributed by atoms with Crippen LogP contribution in [0.15, 0.2) is 50.6 Å². The van der Waals surface area contributed by atoms with Crippen molar-refractivity contribution >= 4 is 101 Å². The van der Waals surface area contributed by atoms with Crippen molar-refractivity contribution in [3.05, 3.63) is 36.4 Å². The van der Waals surface area contributed by atoms with Gasteiger partial charge in [-0.2, -0.15) is 16.8 Å². The zero-order valence-corrected chi connectivity index (χ0v) is 17.8. The molecule has 0 aliphatic carbocycles. The van der Waals surface area contributed by atoms with Gasteiger partial charge in [-0.05, 0) is 36.4 Å². The van der Waals surface area contributed by atoms with Gasteiger partial charge in [-0.3, -0.25) is 9.11 Å². The molecule has 0 saturated carbocycles. The topological polar surface area (TPSA) is 122 Å². The molecule has 0 atom stereocenters. The van der Waals surface area contributed by atoms with Gasteiger partial charge in [-0.1, -0.05) is 0 Å². The monoisotopic (exact) mass is 374 g/mol. The molecule has 1 aromatic heterocycles. The summed E-state index contributed by atoms with van der Waals surface area (Å²) in [5.74, 6) is 0. The molecule has 0 fully saturated rings. The molecule has 0 unspecified atom stereocenters.